The Balaban J connectivity index is 1.83. The molecule has 0 saturated heterocycles. The Morgan fingerprint density at radius 1 is 1.07 bits per heavy atom. The van der Waals surface area contributed by atoms with Crippen molar-refractivity contribution in [3.63, 3.8) is 0 Å². The topological polar surface area (TPSA) is 103 Å². The van der Waals surface area contributed by atoms with Crippen LogP contribution in [0.2, 0.25) is 0 Å². The SMILES string of the molecule is N#CC1=C(N)Oc2c(c(-c3ccco3)nn2-c2ccccc2)C1c1cccnc1. The molecule has 5 rings (SSSR count). The summed E-state index contributed by atoms with van der Waals surface area (Å²) in [5.41, 5.74) is 9.39. The van der Waals surface area contributed by atoms with Crippen LogP contribution < -0.4 is 10.5 Å². The average Bonchev–Trinajstić information content (AvgIpc) is 3.42. The molecule has 0 aliphatic carbocycles. The second-order valence-electron chi connectivity index (χ2n) is 6.50. The summed E-state index contributed by atoms with van der Waals surface area (Å²) in [5.74, 6) is 0.603. The summed E-state index contributed by atoms with van der Waals surface area (Å²) in [6, 6.07) is 19.1. The van der Waals surface area contributed by atoms with Gasteiger partial charge in [0.2, 0.25) is 11.8 Å². The zero-order valence-corrected chi connectivity index (χ0v) is 15.2. The molecule has 0 spiro atoms. The van der Waals surface area contributed by atoms with E-state index in [9.17, 15) is 5.26 Å². The number of para-hydroxylation sites is 1. The van der Waals surface area contributed by atoms with Crippen molar-refractivity contribution >= 4 is 0 Å². The fourth-order valence-electron chi connectivity index (χ4n) is 3.56. The van der Waals surface area contributed by atoms with Gasteiger partial charge in [0.1, 0.15) is 17.3 Å². The summed E-state index contributed by atoms with van der Waals surface area (Å²) in [7, 11) is 0. The minimum absolute atomic E-state index is 0.0527. The summed E-state index contributed by atoms with van der Waals surface area (Å²) < 4.78 is 13.2. The highest BCUT2D eigenvalue weighted by Gasteiger charge is 2.38. The molecule has 3 aromatic heterocycles. The molecule has 7 heteroatoms. The molecule has 0 saturated carbocycles. The number of benzene rings is 1. The van der Waals surface area contributed by atoms with Crippen LogP contribution in [0.15, 0.2) is 89.1 Å². The average molecular weight is 381 g/mol. The van der Waals surface area contributed by atoms with Crippen LogP contribution in [0, 0.1) is 11.3 Å². The van der Waals surface area contributed by atoms with E-state index in [1.165, 1.54) is 0 Å². The van der Waals surface area contributed by atoms with Gasteiger partial charge in [0.15, 0.2) is 5.76 Å². The number of rotatable bonds is 3. The van der Waals surface area contributed by atoms with E-state index in [0.717, 1.165) is 11.3 Å². The molecule has 0 fully saturated rings. The van der Waals surface area contributed by atoms with Crippen LogP contribution in [0.3, 0.4) is 0 Å². The number of ether oxygens (including phenoxy) is 1. The van der Waals surface area contributed by atoms with E-state index in [-0.39, 0.29) is 5.88 Å². The van der Waals surface area contributed by atoms with Crippen LogP contribution in [0.5, 0.6) is 5.88 Å². The van der Waals surface area contributed by atoms with E-state index in [2.05, 4.69) is 11.1 Å². The fraction of sp³-hybridized carbons (Fsp3) is 0.0455. The highest BCUT2D eigenvalue weighted by molar-refractivity contribution is 5.69. The summed E-state index contributed by atoms with van der Waals surface area (Å²) in [4.78, 5) is 4.22. The van der Waals surface area contributed by atoms with Crippen molar-refractivity contribution in [3.05, 3.63) is 95.8 Å². The first-order chi connectivity index (χ1) is 14.3. The molecule has 0 bridgehead atoms. The first-order valence-corrected chi connectivity index (χ1v) is 8.97. The lowest BCUT2D eigenvalue weighted by atomic mass is 9.84. The monoisotopic (exact) mass is 381 g/mol. The van der Waals surface area contributed by atoms with Crippen molar-refractivity contribution in [2.24, 2.45) is 5.73 Å². The zero-order chi connectivity index (χ0) is 19.8. The van der Waals surface area contributed by atoms with Gasteiger partial charge in [0, 0.05) is 12.4 Å². The quantitative estimate of drug-likeness (QED) is 0.580. The minimum Gasteiger partial charge on any atom is -0.463 e. The van der Waals surface area contributed by atoms with Gasteiger partial charge in [-0.2, -0.15) is 15.0 Å². The van der Waals surface area contributed by atoms with Crippen molar-refractivity contribution in [2.75, 3.05) is 0 Å². The van der Waals surface area contributed by atoms with Crippen molar-refractivity contribution in [1.29, 1.82) is 5.26 Å². The number of nitrogens with two attached hydrogens (primary N) is 1. The highest BCUT2D eigenvalue weighted by atomic mass is 16.5. The third-order valence-electron chi connectivity index (χ3n) is 4.82. The zero-order valence-electron chi connectivity index (χ0n) is 15.2. The highest BCUT2D eigenvalue weighted by Crippen LogP contribution is 2.47. The summed E-state index contributed by atoms with van der Waals surface area (Å²) >= 11 is 0. The van der Waals surface area contributed by atoms with Crippen molar-refractivity contribution in [3.8, 4) is 29.1 Å². The van der Waals surface area contributed by atoms with Gasteiger partial charge < -0.3 is 14.9 Å². The molecule has 1 atom stereocenters. The van der Waals surface area contributed by atoms with Crippen LogP contribution in [0.1, 0.15) is 17.0 Å². The lowest BCUT2D eigenvalue weighted by Gasteiger charge is -2.24. The second-order valence-corrected chi connectivity index (χ2v) is 6.50. The lowest BCUT2D eigenvalue weighted by molar-refractivity contribution is 0.367. The fourth-order valence-corrected chi connectivity index (χ4v) is 3.56. The number of fused-ring (bicyclic) bond motifs is 1. The Morgan fingerprint density at radius 2 is 1.93 bits per heavy atom. The van der Waals surface area contributed by atoms with Gasteiger partial charge in [-0.25, -0.2) is 0 Å². The van der Waals surface area contributed by atoms with E-state index in [0.29, 0.717) is 28.5 Å². The van der Waals surface area contributed by atoms with E-state index in [1.807, 2.05) is 48.5 Å². The molecule has 29 heavy (non-hydrogen) atoms. The van der Waals surface area contributed by atoms with Crippen LogP contribution in [-0.4, -0.2) is 14.8 Å². The molecule has 1 aliphatic rings. The maximum absolute atomic E-state index is 9.83. The van der Waals surface area contributed by atoms with E-state index >= 15 is 0 Å². The van der Waals surface area contributed by atoms with E-state index < -0.39 is 5.92 Å². The molecule has 4 heterocycles. The third kappa shape index (κ3) is 2.66. The Kier molecular flexibility index (Phi) is 3.88. The van der Waals surface area contributed by atoms with E-state index in [1.54, 1.807) is 29.4 Å². The maximum atomic E-state index is 9.83. The summed E-state index contributed by atoms with van der Waals surface area (Å²) in [5, 5.41) is 14.6. The van der Waals surface area contributed by atoms with Gasteiger partial charge in [-0.1, -0.05) is 24.3 Å². The van der Waals surface area contributed by atoms with Crippen LogP contribution in [0.25, 0.3) is 17.1 Å². The summed E-state index contributed by atoms with van der Waals surface area (Å²) in [6.07, 6.45) is 4.99. The predicted molar refractivity (Wildman–Crippen MR) is 105 cm³/mol. The maximum Gasteiger partial charge on any atom is 0.229 e. The Morgan fingerprint density at radius 3 is 2.62 bits per heavy atom. The normalized spacial score (nSPS) is 15.5. The molecular formula is C22H15N5O2. The molecule has 140 valence electrons. The van der Waals surface area contributed by atoms with Crippen LogP contribution in [0.4, 0.5) is 0 Å². The minimum atomic E-state index is -0.477. The second kappa shape index (κ2) is 6.69. The Labute approximate surface area is 166 Å². The number of hydrogen-bond acceptors (Lipinski definition) is 6. The molecule has 0 radical (unpaired) electrons. The van der Waals surface area contributed by atoms with Crippen molar-refractivity contribution < 1.29 is 9.15 Å². The standard InChI is InChI=1S/C22H15N5O2/c23-12-16-18(14-6-4-10-25-13-14)19-20(17-9-5-11-28-17)26-27(22(19)29-21(16)24)15-7-2-1-3-8-15/h1-11,13,18H,24H2. The molecule has 4 aromatic rings. The third-order valence-corrected chi connectivity index (χ3v) is 4.82. The number of nitriles is 1. The van der Waals surface area contributed by atoms with Gasteiger partial charge in [-0.3, -0.25) is 4.98 Å². The summed E-state index contributed by atoms with van der Waals surface area (Å²) in [6.45, 7) is 0. The lowest BCUT2D eigenvalue weighted by Crippen LogP contribution is -2.22. The molecule has 7 nitrogen and oxygen atoms in total. The molecule has 1 aliphatic heterocycles. The first kappa shape index (κ1) is 16.8. The molecule has 0 amide bonds. The molecule has 1 unspecified atom stereocenters. The van der Waals surface area contributed by atoms with E-state index in [4.69, 9.17) is 20.0 Å². The number of nitrogens with zero attached hydrogens (tertiary/aromatic N) is 4. The largest absolute Gasteiger partial charge is 0.463 e. The number of allylic oxidation sites excluding steroid dienone is 1. The number of hydrogen-bond donors (Lipinski definition) is 1. The number of pyridine rings is 1. The molecular weight excluding hydrogens is 366 g/mol. The first-order valence-electron chi connectivity index (χ1n) is 8.97. The molecule has 2 N–H and O–H groups in total. The van der Waals surface area contributed by atoms with Gasteiger partial charge in [-0.15, -0.1) is 0 Å². The van der Waals surface area contributed by atoms with Crippen molar-refractivity contribution in [1.82, 2.24) is 14.8 Å². The smallest absolute Gasteiger partial charge is 0.229 e. The molecule has 1 aromatic carbocycles. The van der Waals surface area contributed by atoms with Crippen molar-refractivity contribution in [2.45, 2.75) is 5.92 Å². The van der Waals surface area contributed by atoms with Crippen LogP contribution >= 0.6 is 0 Å². The number of aromatic nitrogens is 3. The Hall–Kier alpha value is -4.31. The Bertz CT molecular complexity index is 1240. The van der Waals surface area contributed by atoms with Gasteiger partial charge >= 0.3 is 0 Å². The van der Waals surface area contributed by atoms with Crippen LogP contribution in [-0.2, 0) is 0 Å². The van der Waals surface area contributed by atoms with Gasteiger partial charge in [0.05, 0.1) is 23.4 Å². The number of furan rings is 1. The van der Waals surface area contributed by atoms with Gasteiger partial charge in [-0.05, 0) is 35.9 Å². The van der Waals surface area contributed by atoms with Gasteiger partial charge in [0.25, 0.3) is 0 Å². The predicted octanol–water partition coefficient (Wildman–Crippen LogP) is 3.75.